The summed E-state index contributed by atoms with van der Waals surface area (Å²) in [6, 6.07) is 11.7. The van der Waals surface area contributed by atoms with Crippen LogP contribution in [0.2, 0.25) is 10.0 Å². The summed E-state index contributed by atoms with van der Waals surface area (Å²) in [6.45, 7) is 2.77. The molecule has 0 spiro atoms. The van der Waals surface area contributed by atoms with Gasteiger partial charge in [0.05, 0.1) is 15.6 Å². The Labute approximate surface area is 139 Å². The zero-order chi connectivity index (χ0) is 15.7. The van der Waals surface area contributed by atoms with Gasteiger partial charge in [0.1, 0.15) is 0 Å². The molecular weight excluding hydrogens is 317 g/mol. The van der Waals surface area contributed by atoms with Crippen LogP contribution in [0.1, 0.15) is 28.4 Å². The average Bonchev–Trinajstić information content (AvgIpc) is 2.89. The van der Waals surface area contributed by atoms with Crippen molar-refractivity contribution in [2.45, 2.75) is 19.9 Å². The fourth-order valence-corrected chi connectivity index (χ4v) is 3.12. The quantitative estimate of drug-likeness (QED) is 0.589. The van der Waals surface area contributed by atoms with Gasteiger partial charge in [0.15, 0.2) is 6.29 Å². The summed E-state index contributed by atoms with van der Waals surface area (Å²) in [6.07, 6.45) is 3.73. The molecule has 0 N–H and O–H groups in total. The lowest BCUT2D eigenvalue weighted by molar-refractivity contribution is 0.112. The molecule has 3 aromatic rings. The van der Waals surface area contributed by atoms with Crippen molar-refractivity contribution >= 4 is 40.4 Å². The van der Waals surface area contributed by atoms with Crippen molar-refractivity contribution in [3.05, 3.63) is 69.3 Å². The molecule has 0 saturated heterocycles. The van der Waals surface area contributed by atoms with E-state index in [4.69, 9.17) is 23.2 Å². The lowest BCUT2D eigenvalue weighted by atomic mass is 10.1. The Balaban J connectivity index is 2.13. The number of fused-ring (bicyclic) bond motifs is 1. The second kappa shape index (κ2) is 6.15. The highest BCUT2D eigenvalue weighted by atomic mass is 35.5. The van der Waals surface area contributed by atoms with Gasteiger partial charge in [-0.25, -0.2) is 0 Å². The van der Waals surface area contributed by atoms with E-state index in [2.05, 4.69) is 17.6 Å². The third kappa shape index (κ3) is 2.65. The molecule has 0 unspecified atom stereocenters. The Hall–Kier alpha value is -1.77. The van der Waals surface area contributed by atoms with Gasteiger partial charge in [-0.05, 0) is 29.7 Å². The normalized spacial score (nSPS) is 11.0. The SMILES string of the molecule is CCc1cccc2c(C=O)cn(Cc3ccc(Cl)c(Cl)c3)c12. The predicted octanol–water partition coefficient (Wildman–Crippen LogP) is 5.37. The lowest BCUT2D eigenvalue weighted by Crippen LogP contribution is -2.00. The molecule has 0 fully saturated rings. The number of halogens is 2. The first kappa shape index (κ1) is 15.1. The van der Waals surface area contributed by atoms with Crippen LogP contribution in [0.5, 0.6) is 0 Å². The summed E-state index contributed by atoms with van der Waals surface area (Å²) in [5, 5.41) is 2.09. The van der Waals surface area contributed by atoms with Gasteiger partial charge in [-0.3, -0.25) is 4.79 Å². The Morgan fingerprint density at radius 2 is 1.95 bits per heavy atom. The first-order valence-corrected chi connectivity index (χ1v) is 7.89. The van der Waals surface area contributed by atoms with E-state index in [0.29, 0.717) is 22.2 Å². The molecule has 0 aliphatic carbocycles. The van der Waals surface area contributed by atoms with Crippen molar-refractivity contribution in [1.82, 2.24) is 4.57 Å². The molecule has 0 saturated carbocycles. The van der Waals surface area contributed by atoms with Gasteiger partial charge >= 0.3 is 0 Å². The summed E-state index contributed by atoms with van der Waals surface area (Å²) < 4.78 is 2.11. The molecule has 0 amide bonds. The van der Waals surface area contributed by atoms with Crippen molar-refractivity contribution in [2.75, 3.05) is 0 Å². The molecule has 4 heteroatoms. The number of aromatic nitrogens is 1. The number of carbonyl (C=O) groups excluding carboxylic acids is 1. The van der Waals surface area contributed by atoms with Crippen LogP contribution in [-0.4, -0.2) is 10.9 Å². The first-order chi connectivity index (χ1) is 10.6. The van der Waals surface area contributed by atoms with Crippen LogP contribution < -0.4 is 0 Å². The van der Waals surface area contributed by atoms with Crippen LogP contribution in [0, 0.1) is 0 Å². The van der Waals surface area contributed by atoms with E-state index in [1.54, 1.807) is 6.07 Å². The van der Waals surface area contributed by atoms with E-state index in [9.17, 15) is 4.79 Å². The van der Waals surface area contributed by atoms with Crippen LogP contribution in [0.25, 0.3) is 10.9 Å². The molecular formula is C18H15Cl2NO. The van der Waals surface area contributed by atoms with Gasteiger partial charge in [0.2, 0.25) is 0 Å². The molecule has 0 aliphatic heterocycles. The minimum absolute atomic E-state index is 0.543. The molecule has 0 radical (unpaired) electrons. The summed E-state index contributed by atoms with van der Waals surface area (Å²) in [4.78, 5) is 11.3. The van der Waals surface area contributed by atoms with Crippen molar-refractivity contribution in [1.29, 1.82) is 0 Å². The predicted molar refractivity (Wildman–Crippen MR) is 92.3 cm³/mol. The standard InChI is InChI=1S/C18H15Cl2NO/c1-2-13-4-3-5-15-14(11-22)10-21(18(13)15)9-12-6-7-16(19)17(20)8-12/h3-8,10-11H,2,9H2,1H3. The number of carbonyl (C=O) groups is 1. The number of hydrogen-bond acceptors (Lipinski definition) is 1. The maximum Gasteiger partial charge on any atom is 0.152 e. The number of benzene rings is 2. The largest absolute Gasteiger partial charge is 0.342 e. The summed E-state index contributed by atoms with van der Waals surface area (Å²) in [5.41, 5.74) is 4.10. The highest BCUT2D eigenvalue weighted by Gasteiger charge is 2.11. The Morgan fingerprint density at radius 1 is 1.14 bits per heavy atom. The molecule has 0 atom stereocenters. The second-order valence-corrected chi connectivity index (χ2v) is 6.06. The molecule has 3 rings (SSSR count). The number of hydrogen-bond donors (Lipinski definition) is 0. The molecule has 0 aliphatic rings. The van der Waals surface area contributed by atoms with Crippen molar-refractivity contribution in [2.24, 2.45) is 0 Å². The maximum atomic E-state index is 11.3. The Kier molecular flexibility index (Phi) is 4.23. The van der Waals surface area contributed by atoms with Gasteiger partial charge in [0.25, 0.3) is 0 Å². The number of aldehydes is 1. The molecule has 22 heavy (non-hydrogen) atoms. The topological polar surface area (TPSA) is 22.0 Å². The van der Waals surface area contributed by atoms with Crippen LogP contribution in [0.15, 0.2) is 42.6 Å². The van der Waals surface area contributed by atoms with Crippen LogP contribution in [0.3, 0.4) is 0 Å². The van der Waals surface area contributed by atoms with E-state index in [1.807, 2.05) is 30.5 Å². The van der Waals surface area contributed by atoms with Gasteiger partial charge in [-0.2, -0.15) is 0 Å². The molecule has 0 bridgehead atoms. The van der Waals surface area contributed by atoms with Crippen molar-refractivity contribution in [3.63, 3.8) is 0 Å². The van der Waals surface area contributed by atoms with E-state index in [0.717, 1.165) is 29.2 Å². The van der Waals surface area contributed by atoms with E-state index in [1.165, 1.54) is 5.56 Å². The Morgan fingerprint density at radius 3 is 2.64 bits per heavy atom. The van der Waals surface area contributed by atoms with E-state index < -0.39 is 0 Å². The third-order valence-corrected chi connectivity index (χ3v) is 4.60. The summed E-state index contributed by atoms with van der Waals surface area (Å²) in [5.74, 6) is 0. The zero-order valence-corrected chi connectivity index (χ0v) is 13.7. The van der Waals surface area contributed by atoms with Crippen molar-refractivity contribution in [3.8, 4) is 0 Å². The summed E-state index contributed by atoms with van der Waals surface area (Å²) >= 11 is 12.1. The number of para-hydroxylation sites is 1. The molecule has 1 aromatic heterocycles. The summed E-state index contributed by atoms with van der Waals surface area (Å²) in [7, 11) is 0. The third-order valence-electron chi connectivity index (χ3n) is 3.86. The van der Waals surface area contributed by atoms with Crippen LogP contribution in [-0.2, 0) is 13.0 Å². The average molecular weight is 332 g/mol. The highest BCUT2D eigenvalue weighted by Crippen LogP contribution is 2.27. The highest BCUT2D eigenvalue weighted by molar-refractivity contribution is 6.42. The smallest absolute Gasteiger partial charge is 0.152 e. The number of aryl methyl sites for hydroxylation is 1. The van der Waals surface area contributed by atoms with Crippen LogP contribution in [0.4, 0.5) is 0 Å². The second-order valence-electron chi connectivity index (χ2n) is 5.25. The van der Waals surface area contributed by atoms with Gasteiger partial charge < -0.3 is 4.57 Å². The molecule has 2 aromatic carbocycles. The van der Waals surface area contributed by atoms with Crippen LogP contribution >= 0.6 is 23.2 Å². The molecule has 2 nitrogen and oxygen atoms in total. The number of rotatable bonds is 4. The zero-order valence-electron chi connectivity index (χ0n) is 12.1. The first-order valence-electron chi connectivity index (χ1n) is 7.14. The number of nitrogens with zero attached hydrogens (tertiary/aromatic N) is 1. The lowest BCUT2D eigenvalue weighted by Gasteiger charge is -2.09. The van der Waals surface area contributed by atoms with Gasteiger partial charge in [-0.15, -0.1) is 0 Å². The Bertz CT molecular complexity index is 852. The molecule has 112 valence electrons. The fourth-order valence-electron chi connectivity index (χ4n) is 2.80. The maximum absolute atomic E-state index is 11.3. The van der Waals surface area contributed by atoms with Crippen molar-refractivity contribution < 1.29 is 4.79 Å². The monoisotopic (exact) mass is 331 g/mol. The minimum Gasteiger partial charge on any atom is -0.342 e. The fraction of sp³-hybridized carbons (Fsp3) is 0.167. The van der Waals surface area contributed by atoms with Gasteiger partial charge in [-0.1, -0.05) is 54.4 Å². The van der Waals surface area contributed by atoms with E-state index in [-0.39, 0.29) is 0 Å². The van der Waals surface area contributed by atoms with Gasteiger partial charge in [0, 0.05) is 23.7 Å². The molecule has 1 heterocycles. The minimum atomic E-state index is 0.543. The van der Waals surface area contributed by atoms with E-state index >= 15 is 0 Å².